The summed E-state index contributed by atoms with van der Waals surface area (Å²) in [6.07, 6.45) is 0. The average Bonchev–Trinajstić information content (AvgIpc) is 2.15. The molecule has 0 aliphatic rings. The van der Waals surface area contributed by atoms with E-state index in [4.69, 9.17) is 5.14 Å². The predicted octanol–water partition coefficient (Wildman–Crippen LogP) is 0.173. The summed E-state index contributed by atoms with van der Waals surface area (Å²) in [6, 6.07) is 4.38. The van der Waals surface area contributed by atoms with Crippen LogP contribution in [-0.4, -0.2) is 31.7 Å². The Morgan fingerprint density at radius 1 is 1.47 bits per heavy atom. The Morgan fingerprint density at radius 3 is 2.65 bits per heavy atom. The van der Waals surface area contributed by atoms with Gasteiger partial charge in [0.15, 0.2) is 0 Å². The van der Waals surface area contributed by atoms with Crippen LogP contribution in [0, 0.1) is 0 Å². The summed E-state index contributed by atoms with van der Waals surface area (Å²) >= 11 is 3.14. The highest BCUT2D eigenvalue weighted by Gasteiger charge is 2.11. The first-order chi connectivity index (χ1) is 7.79. The number of nitrogens with one attached hydrogen (secondary N) is 1. The number of amides is 1. The molecule has 94 valence electrons. The number of phenolic OH excluding ortho intramolecular Hbond substituents is 1. The van der Waals surface area contributed by atoms with E-state index in [1.54, 1.807) is 6.07 Å². The van der Waals surface area contributed by atoms with Crippen molar-refractivity contribution in [1.29, 1.82) is 0 Å². The summed E-state index contributed by atoms with van der Waals surface area (Å²) in [4.78, 5) is 11.5. The Kier molecular flexibility index (Phi) is 4.49. The lowest BCUT2D eigenvalue weighted by Crippen LogP contribution is -2.31. The van der Waals surface area contributed by atoms with E-state index >= 15 is 0 Å². The maximum Gasteiger partial charge on any atom is 0.255 e. The van der Waals surface area contributed by atoms with Gasteiger partial charge in [0.1, 0.15) is 5.75 Å². The summed E-state index contributed by atoms with van der Waals surface area (Å²) < 4.78 is 21.9. The maximum absolute atomic E-state index is 11.5. The number of hydrogen-bond acceptors (Lipinski definition) is 4. The molecule has 0 unspecified atom stereocenters. The molecule has 8 heteroatoms. The Morgan fingerprint density at radius 2 is 2.12 bits per heavy atom. The molecule has 4 N–H and O–H groups in total. The minimum Gasteiger partial charge on any atom is -0.507 e. The van der Waals surface area contributed by atoms with Crippen LogP contribution >= 0.6 is 15.9 Å². The molecule has 0 bridgehead atoms. The zero-order chi connectivity index (χ0) is 13.1. The van der Waals surface area contributed by atoms with Gasteiger partial charge in [-0.25, -0.2) is 13.6 Å². The largest absolute Gasteiger partial charge is 0.507 e. The molecular weight excluding hydrogens is 312 g/mol. The molecule has 0 aliphatic heterocycles. The number of benzene rings is 1. The van der Waals surface area contributed by atoms with E-state index in [9.17, 15) is 18.3 Å². The highest BCUT2D eigenvalue weighted by atomic mass is 79.9. The number of sulfonamides is 1. The van der Waals surface area contributed by atoms with Gasteiger partial charge in [-0.1, -0.05) is 15.9 Å². The minimum absolute atomic E-state index is 0.0719. The Hall–Kier alpha value is -1.12. The summed E-state index contributed by atoms with van der Waals surface area (Å²) in [5.41, 5.74) is 0.0719. The van der Waals surface area contributed by atoms with Crippen molar-refractivity contribution in [3.63, 3.8) is 0 Å². The first-order valence-electron chi connectivity index (χ1n) is 4.57. The lowest BCUT2D eigenvalue weighted by molar-refractivity contribution is 0.0953. The van der Waals surface area contributed by atoms with Crippen LogP contribution in [-0.2, 0) is 10.0 Å². The molecule has 0 aliphatic carbocycles. The van der Waals surface area contributed by atoms with Crippen LogP contribution < -0.4 is 10.5 Å². The zero-order valence-corrected chi connectivity index (χ0v) is 11.1. The molecule has 0 heterocycles. The first kappa shape index (κ1) is 13.9. The molecule has 0 atom stereocenters. The molecule has 0 fully saturated rings. The van der Waals surface area contributed by atoms with Crippen LogP contribution in [0.3, 0.4) is 0 Å². The second-order valence-corrected chi connectivity index (χ2v) is 5.93. The van der Waals surface area contributed by atoms with E-state index in [0.29, 0.717) is 4.47 Å². The number of carbonyl (C=O) groups is 1. The number of primary sulfonamides is 1. The smallest absolute Gasteiger partial charge is 0.255 e. The van der Waals surface area contributed by atoms with E-state index in [2.05, 4.69) is 21.2 Å². The monoisotopic (exact) mass is 322 g/mol. The Balaban J connectivity index is 2.65. The van der Waals surface area contributed by atoms with Gasteiger partial charge in [-0.15, -0.1) is 0 Å². The number of hydrogen-bond donors (Lipinski definition) is 3. The molecule has 0 aromatic heterocycles. The summed E-state index contributed by atoms with van der Waals surface area (Å²) in [5.74, 6) is -1.10. The molecule has 0 spiro atoms. The third-order valence-corrected chi connectivity index (χ3v) is 3.14. The second kappa shape index (κ2) is 5.48. The third kappa shape index (κ3) is 4.72. The molecule has 0 saturated heterocycles. The number of nitrogens with two attached hydrogens (primary N) is 1. The van der Waals surface area contributed by atoms with E-state index in [-0.39, 0.29) is 23.6 Å². The molecule has 1 amide bonds. The lowest BCUT2D eigenvalue weighted by Gasteiger charge is -2.06. The van der Waals surface area contributed by atoms with Gasteiger partial charge in [0.2, 0.25) is 10.0 Å². The quantitative estimate of drug-likeness (QED) is 0.734. The third-order valence-electron chi connectivity index (χ3n) is 1.88. The summed E-state index contributed by atoms with van der Waals surface area (Å²) in [7, 11) is -3.60. The maximum atomic E-state index is 11.5. The summed E-state index contributed by atoms with van der Waals surface area (Å²) in [5, 5.41) is 16.6. The topological polar surface area (TPSA) is 109 Å². The second-order valence-electron chi connectivity index (χ2n) is 3.28. The van der Waals surface area contributed by atoms with Gasteiger partial charge < -0.3 is 10.4 Å². The Bertz CT molecular complexity index is 530. The van der Waals surface area contributed by atoms with Crippen molar-refractivity contribution in [3.05, 3.63) is 28.2 Å². The van der Waals surface area contributed by atoms with Crippen LogP contribution in [0.4, 0.5) is 0 Å². The van der Waals surface area contributed by atoms with Crippen molar-refractivity contribution >= 4 is 31.9 Å². The number of halogens is 1. The standard InChI is InChI=1S/C9H11BrN2O4S/c10-6-1-2-7(8(13)5-6)9(14)12-3-4-17(11,15)16/h1-2,5,13H,3-4H2,(H,12,14)(H2,11,15,16). The Labute approximate surface area is 107 Å². The van der Waals surface area contributed by atoms with E-state index < -0.39 is 15.9 Å². The average molecular weight is 323 g/mol. The molecule has 0 saturated carbocycles. The normalized spacial score (nSPS) is 11.2. The van der Waals surface area contributed by atoms with Crippen molar-refractivity contribution in [2.45, 2.75) is 0 Å². The van der Waals surface area contributed by atoms with Crippen LogP contribution in [0.5, 0.6) is 5.75 Å². The highest BCUT2D eigenvalue weighted by Crippen LogP contribution is 2.21. The van der Waals surface area contributed by atoms with Crippen molar-refractivity contribution < 1.29 is 18.3 Å². The molecule has 0 radical (unpaired) electrons. The van der Waals surface area contributed by atoms with Crippen LogP contribution in [0.1, 0.15) is 10.4 Å². The van der Waals surface area contributed by atoms with Gasteiger partial charge in [-0.05, 0) is 18.2 Å². The van der Waals surface area contributed by atoms with E-state index in [0.717, 1.165) is 0 Å². The SMILES string of the molecule is NS(=O)(=O)CCNC(=O)c1ccc(Br)cc1O. The lowest BCUT2D eigenvalue weighted by atomic mass is 10.2. The van der Waals surface area contributed by atoms with Crippen molar-refractivity contribution in [2.24, 2.45) is 5.14 Å². The zero-order valence-electron chi connectivity index (χ0n) is 8.68. The molecule has 1 aromatic carbocycles. The van der Waals surface area contributed by atoms with Crippen LogP contribution in [0.2, 0.25) is 0 Å². The number of carbonyl (C=O) groups excluding carboxylic acids is 1. The van der Waals surface area contributed by atoms with Crippen molar-refractivity contribution in [1.82, 2.24) is 5.32 Å². The predicted molar refractivity (Wildman–Crippen MR) is 66.1 cm³/mol. The van der Waals surface area contributed by atoms with E-state index in [1.807, 2.05) is 0 Å². The minimum atomic E-state index is -3.60. The van der Waals surface area contributed by atoms with Crippen LogP contribution in [0.25, 0.3) is 0 Å². The fraction of sp³-hybridized carbons (Fsp3) is 0.222. The number of rotatable bonds is 4. The summed E-state index contributed by atoms with van der Waals surface area (Å²) in [6.45, 7) is -0.104. The molecule has 1 aromatic rings. The number of aromatic hydroxyl groups is 1. The van der Waals surface area contributed by atoms with E-state index in [1.165, 1.54) is 12.1 Å². The molecule has 1 rings (SSSR count). The van der Waals surface area contributed by atoms with Gasteiger partial charge in [0.25, 0.3) is 5.91 Å². The van der Waals surface area contributed by atoms with Crippen molar-refractivity contribution in [2.75, 3.05) is 12.3 Å². The van der Waals surface area contributed by atoms with Gasteiger partial charge in [0.05, 0.1) is 11.3 Å². The fourth-order valence-corrected chi connectivity index (χ4v) is 1.83. The fourth-order valence-electron chi connectivity index (χ4n) is 1.10. The number of phenols is 1. The molecule has 6 nitrogen and oxygen atoms in total. The highest BCUT2D eigenvalue weighted by molar-refractivity contribution is 9.10. The first-order valence-corrected chi connectivity index (χ1v) is 7.07. The molecule has 17 heavy (non-hydrogen) atoms. The van der Waals surface area contributed by atoms with Gasteiger partial charge in [0, 0.05) is 11.0 Å². The van der Waals surface area contributed by atoms with Gasteiger partial charge in [-0.3, -0.25) is 4.79 Å². The molecular formula is C9H11BrN2O4S. The van der Waals surface area contributed by atoms with Crippen LogP contribution in [0.15, 0.2) is 22.7 Å². The van der Waals surface area contributed by atoms with Crippen molar-refractivity contribution in [3.8, 4) is 5.75 Å². The van der Waals surface area contributed by atoms with Gasteiger partial charge in [-0.2, -0.15) is 0 Å². The van der Waals surface area contributed by atoms with Gasteiger partial charge >= 0.3 is 0 Å².